The van der Waals surface area contributed by atoms with E-state index in [0.29, 0.717) is 6.04 Å². The molecule has 0 radical (unpaired) electrons. The molecule has 1 aromatic heterocycles. The van der Waals surface area contributed by atoms with Gasteiger partial charge in [-0.1, -0.05) is 26.7 Å². The molecule has 112 valence electrons. The maximum atomic E-state index is 4.68. The fourth-order valence-corrected chi connectivity index (χ4v) is 2.91. The summed E-state index contributed by atoms with van der Waals surface area (Å²) in [5.74, 6) is 2.55. The van der Waals surface area contributed by atoms with Crippen molar-refractivity contribution in [3.63, 3.8) is 0 Å². The summed E-state index contributed by atoms with van der Waals surface area (Å²) in [5.41, 5.74) is 1.03. The number of rotatable bonds is 6. The molecule has 1 saturated carbocycles. The van der Waals surface area contributed by atoms with Crippen LogP contribution in [0.1, 0.15) is 51.6 Å². The predicted octanol–water partition coefficient (Wildman–Crippen LogP) is 3.62. The molecule has 0 unspecified atom stereocenters. The van der Waals surface area contributed by atoms with Crippen molar-refractivity contribution in [2.75, 3.05) is 23.8 Å². The fourth-order valence-electron chi connectivity index (χ4n) is 2.91. The first kappa shape index (κ1) is 15.1. The highest BCUT2D eigenvalue weighted by Crippen LogP contribution is 2.28. The standard InChI is InChI=1S/C16H28N4/c1-12(2)9-10-20(14-7-5-6-8-14)15-11-13(3)18-16(17-4)19-15/h11-12,14H,5-10H2,1-4H3,(H,17,18,19). The van der Waals surface area contributed by atoms with Crippen LogP contribution < -0.4 is 10.2 Å². The lowest BCUT2D eigenvalue weighted by atomic mass is 10.1. The molecule has 1 heterocycles. The Hall–Kier alpha value is -1.32. The molecule has 4 heteroatoms. The molecule has 0 spiro atoms. The molecule has 0 bridgehead atoms. The number of nitrogens with one attached hydrogen (secondary N) is 1. The molecular formula is C16H28N4. The zero-order chi connectivity index (χ0) is 14.5. The van der Waals surface area contributed by atoms with E-state index in [0.717, 1.165) is 29.9 Å². The highest BCUT2D eigenvalue weighted by Gasteiger charge is 2.24. The second-order valence-corrected chi connectivity index (χ2v) is 6.26. The van der Waals surface area contributed by atoms with Gasteiger partial charge in [0, 0.05) is 31.4 Å². The topological polar surface area (TPSA) is 41.1 Å². The van der Waals surface area contributed by atoms with Gasteiger partial charge in [-0.05, 0) is 32.1 Å². The van der Waals surface area contributed by atoms with Crippen molar-refractivity contribution < 1.29 is 0 Å². The van der Waals surface area contributed by atoms with E-state index in [1.807, 2.05) is 14.0 Å². The van der Waals surface area contributed by atoms with E-state index in [-0.39, 0.29) is 0 Å². The Kier molecular flexibility index (Phi) is 5.21. The normalized spacial score (nSPS) is 15.8. The SMILES string of the molecule is CNc1nc(C)cc(N(CCC(C)C)C2CCCC2)n1. The maximum Gasteiger partial charge on any atom is 0.224 e. The van der Waals surface area contributed by atoms with E-state index >= 15 is 0 Å². The van der Waals surface area contributed by atoms with Crippen LogP contribution in [0.5, 0.6) is 0 Å². The third-order valence-corrected chi connectivity index (χ3v) is 4.07. The zero-order valence-corrected chi connectivity index (χ0v) is 13.3. The van der Waals surface area contributed by atoms with Crippen LogP contribution in [0.25, 0.3) is 0 Å². The monoisotopic (exact) mass is 276 g/mol. The molecule has 0 aromatic carbocycles. The fraction of sp³-hybridized carbons (Fsp3) is 0.750. The molecule has 1 aromatic rings. The molecule has 2 rings (SSSR count). The summed E-state index contributed by atoms with van der Waals surface area (Å²) in [4.78, 5) is 11.6. The minimum Gasteiger partial charge on any atom is -0.357 e. The summed E-state index contributed by atoms with van der Waals surface area (Å²) in [6, 6.07) is 2.78. The van der Waals surface area contributed by atoms with Crippen molar-refractivity contribution in [2.45, 2.75) is 58.9 Å². The van der Waals surface area contributed by atoms with Crippen molar-refractivity contribution in [3.8, 4) is 0 Å². The van der Waals surface area contributed by atoms with E-state index in [1.54, 1.807) is 0 Å². The second-order valence-electron chi connectivity index (χ2n) is 6.26. The van der Waals surface area contributed by atoms with Gasteiger partial charge in [0.15, 0.2) is 0 Å². The van der Waals surface area contributed by atoms with Crippen LogP contribution >= 0.6 is 0 Å². The van der Waals surface area contributed by atoms with Gasteiger partial charge < -0.3 is 10.2 Å². The number of aromatic nitrogens is 2. The number of nitrogens with zero attached hydrogens (tertiary/aromatic N) is 3. The maximum absolute atomic E-state index is 4.68. The minimum atomic E-state index is 0.660. The number of hydrogen-bond donors (Lipinski definition) is 1. The second kappa shape index (κ2) is 6.91. The van der Waals surface area contributed by atoms with Crippen LogP contribution in [-0.2, 0) is 0 Å². The van der Waals surface area contributed by atoms with Gasteiger partial charge in [0.25, 0.3) is 0 Å². The van der Waals surface area contributed by atoms with Gasteiger partial charge >= 0.3 is 0 Å². The Morgan fingerprint density at radius 3 is 2.60 bits per heavy atom. The zero-order valence-electron chi connectivity index (χ0n) is 13.3. The van der Waals surface area contributed by atoms with Crippen molar-refractivity contribution in [2.24, 2.45) is 5.92 Å². The van der Waals surface area contributed by atoms with Crippen LogP contribution in [-0.4, -0.2) is 29.6 Å². The largest absolute Gasteiger partial charge is 0.357 e. The Morgan fingerprint density at radius 1 is 1.30 bits per heavy atom. The smallest absolute Gasteiger partial charge is 0.224 e. The number of anilines is 2. The minimum absolute atomic E-state index is 0.660. The molecule has 0 atom stereocenters. The van der Waals surface area contributed by atoms with Crippen molar-refractivity contribution in [1.29, 1.82) is 0 Å². The average Bonchev–Trinajstić information content (AvgIpc) is 2.92. The first-order valence-electron chi connectivity index (χ1n) is 7.90. The molecule has 1 aliphatic carbocycles. The van der Waals surface area contributed by atoms with Crippen LogP contribution in [0, 0.1) is 12.8 Å². The Balaban J connectivity index is 2.22. The molecule has 1 N–H and O–H groups in total. The van der Waals surface area contributed by atoms with Crippen LogP contribution in [0.3, 0.4) is 0 Å². The van der Waals surface area contributed by atoms with Gasteiger partial charge in [0.2, 0.25) is 5.95 Å². The first-order chi connectivity index (χ1) is 9.60. The van der Waals surface area contributed by atoms with Gasteiger partial charge in [0.1, 0.15) is 5.82 Å². The van der Waals surface area contributed by atoms with Crippen molar-refractivity contribution in [3.05, 3.63) is 11.8 Å². The summed E-state index contributed by atoms with van der Waals surface area (Å²) in [5, 5.41) is 3.07. The van der Waals surface area contributed by atoms with Gasteiger partial charge in [-0.15, -0.1) is 0 Å². The van der Waals surface area contributed by atoms with E-state index in [4.69, 9.17) is 0 Å². The first-order valence-corrected chi connectivity index (χ1v) is 7.90. The lowest BCUT2D eigenvalue weighted by Crippen LogP contribution is -2.35. The van der Waals surface area contributed by atoms with E-state index < -0.39 is 0 Å². The van der Waals surface area contributed by atoms with Crippen LogP contribution in [0.2, 0.25) is 0 Å². The number of hydrogen-bond acceptors (Lipinski definition) is 4. The lowest BCUT2D eigenvalue weighted by Gasteiger charge is -2.31. The van der Waals surface area contributed by atoms with E-state index in [2.05, 4.69) is 40.1 Å². The average molecular weight is 276 g/mol. The Labute approximate surface area is 123 Å². The van der Waals surface area contributed by atoms with Gasteiger partial charge in [-0.2, -0.15) is 4.98 Å². The molecule has 0 saturated heterocycles. The molecule has 1 aliphatic rings. The third kappa shape index (κ3) is 3.84. The summed E-state index contributed by atoms with van der Waals surface area (Å²) in [6.45, 7) is 7.72. The van der Waals surface area contributed by atoms with Crippen molar-refractivity contribution >= 4 is 11.8 Å². The lowest BCUT2D eigenvalue weighted by molar-refractivity contribution is 0.525. The summed E-state index contributed by atoms with van der Waals surface area (Å²) >= 11 is 0. The molecular weight excluding hydrogens is 248 g/mol. The molecule has 4 nitrogen and oxygen atoms in total. The van der Waals surface area contributed by atoms with Crippen LogP contribution in [0.4, 0.5) is 11.8 Å². The van der Waals surface area contributed by atoms with Crippen LogP contribution in [0.15, 0.2) is 6.07 Å². The van der Waals surface area contributed by atoms with E-state index in [9.17, 15) is 0 Å². The molecule has 0 amide bonds. The van der Waals surface area contributed by atoms with E-state index in [1.165, 1.54) is 32.1 Å². The predicted molar refractivity (Wildman–Crippen MR) is 85.4 cm³/mol. The Bertz CT molecular complexity index is 424. The van der Waals surface area contributed by atoms with Gasteiger partial charge in [-0.25, -0.2) is 4.98 Å². The van der Waals surface area contributed by atoms with Crippen molar-refractivity contribution in [1.82, 2.24) is 9.97 Å². The summed E-state index contributed by atoms with van der Waals surface area (Å²) in [7, 11) is 1.88. The highest BCUT2D eigenvalue weighted by atomic mass is 15.2. The molecule has 20 heavy (non-hydrogen) atoms. The summed E-state index contributed by atoms with van der Waals surface area (Å²) < 4.78 is 0. The number of aryl methyl sites for hydroxylation is 1. The Morgan fingerprint density at radius 2 is 2.00 bits per heavy atom. The quantitative estimate of drug-likeness (QED) is 0.861. The highest BCUT2D eigenvalue weighted by molar-refractivity contribution is 5.45. The third-order valence-electron chi connectivity index (χ3n) is 4.07. The summed E-state index contributed by atoms with van der Waals surface area (Å²) in [6.07, 6.45) is 6.53. The molecule has 1 fully saturated rings. The molecule has 0 aliphatic heterocycles. The van der Waals surface area contributed by atoms with Gasteiger partial charge in [-0.3, -0.25) is 0 Å². The van der Waals surface area contributed by atoms with Gasteiger partial charge in [0.05, 0.1) is 0 Å².